The fourth-order valence-electron chi connectivity index (χ4n) is 5.73. The van der Waals surface area contributed by atoms with Crippen LogP contribution >= 0.6 is 0 Å². The van der Waals surface area contributed by atoms with E-state index >= 15 is 0 Å². The fourth-order valence-corrected chi connectivity index (χ4v) is 10.6. The summed E-state index contributed by atoms with van der Waals surface area (Å²) in [6.45, 7) is 7.25. The molecule has 34 heavy (non-hydrogen) atoms. The standard InChI is InChI=1S/3C11H15.Al/c3*1-3-10(2)9-11-7-5-4-6-8-11;/h3*4-8,10H,2-3,9H2,1H3;. The first kappa shape index (κ1) is 26.8. The highest BCUT2D eigenvalue weighted by molar-refractivity contribution is 6.59. The maximum Gasteiger partial charge on any atom is 0.262 e. The summed E-state index contributed by atoms with van der Waals surface area (Å²) in [6.07, 6.45) is 7.69. The normalized spacial score (nSPS) is 13.9. The third-order valence-electron chi connectivity index (χ3n) is 7.83. The van der Waals surface area contributed by atoms with Gasteiger partial charge in [0, 0.05) is 0 Å². The minimum absolute atomic E-state index is 0.836. The van der Waals surface area contributed by atoms with Crippen LogP contribution in [0.3, 0.4) is 0 Å². The second-order valence-electron chi connectivity index (χ2n) is 10.5. The van der Waals surface area contributed by atoms with Crippen LogP contribution in [0.15, 0.2) is 91.0 Å². The van der Waals surface area contributed by atoms with Crippen molar-refractivity contribution in [2.75, 3.05) is 0 Å². The number of hydrogen-bond donors (Lipinski definition) is 0. The predicted molar refractivity (Wildman–Crippen MR) is 152 cm³/mol. The smallest absolute Gasteiger partial charge is 0.0907 e. The maximum absolute atomic E-state index is 2.42. The van der Waals surface area contributed by atoms with Crippen molar-refractivity contribution in [1.29, 1.82) is 0 Å². The highest BCUT2D eigenvalue weighted by Crippen LogP contribution is 2.30. The van der Waals surface area contributed by atoms with Gasteiger partial charge in [0.25, 0.3) is 14.1 Å². The average molecular weight is 469 g/mol. The van der Waals surface area contributed by atoms with Crippen molar-refractivity contribution >= 4 is 14.1 Å². The van der Waals surface area contributed by atoms with Crippen molar-refractivity contribution in [3.63, 3.8) is 0 Å². The molecular weight excluding hydrogens is 423 g/mol. The van der Waals surface area contributed by atoms with E-state index in [9.17, 15) is 0 Å². The van der Waals surface area contributed by atoms with Gasteiger partial charge in [0.1, 0.15) is 0 Å². The van der Waals surface area contributed by atoms with Gasteiger partial charge in [-0.15, -0.1) is 0 Å². The second-order valence-corrected chi connectivity index (χ2v) is 13.6. The Balaban J connectivity index is 1.71. The van der Waals surface area contributed by atoms with Gasteiger partial charge in [0.05, 0.1) is 0 Å². The molecule has 3 rings (SSSR count). The first-order valence-corrected chi connectivity index (χ1v) is 16.3. The average Bonchev–Trinajstić information content (AvgIpc) is 2.89. The van der Waals surface area contributed by atoms with E-state index in [1.165, 1.54) is 71.1 Å². The van der Waals surface area contributed by atoms with E-state index in [0.29, 0.717) is 0 Å². The van der Waals surface area contributed by atoms with Gasteiger partial charge < -0.3 is 0 Å². The molecule has 0 bridgehead atoms. The molecule has 0 heterocycles. The molecule has 0 aliphatic heterocycles. The molecule has 0 aliphatic carbocycles. The summed E-state index contributed by atoms with van der Waals surface area (Å²) in [5, 5.41) is 4.51. The lowest BCUT2D eigenvalue weighted by Gasteiger charge is -2.27. The topological polar surface area (TPSA) is 0 Å². The molecule has 180 valence electrons. The summed E-state index contributed by atoms with van der Waals surface area (Å²) >= 11 is -0.884. The van der Waals surface area contributed by atoms with Gasteiger partial charge in [-0.3, -0.25) is 0 Å². The van der Waals surface area contributed by atoms with Gasteiger partial charge in [-0.05, 0) is 53.7 Å². The predicted octanol–water partition coefficient (Wildman–Crippen LogP) is 9.29. The van der Waals surface area contributed by atoms with E-state index in [4.69, 9.17) is 0 Å². The third kappa shape index (κ3) is 9.45. The molecule has 0 aromatic heterocycles. The van der Waals surface area contributed by atoms with E-state index in [2.05, 4.69) is 112 Å². The van der Waals surface area contributed by atoms with Crippen molar-refractivity contribution < 1.29 is 0 Å². The zero-order valence-corrected chi connectivity index (χ0v) is 23.0. The molecule has 0 saturated heterocycles. The molecular formula is C33H45Al. The molecule has 0 amide bonds. The molecule has 0 radical (unpaired) electrons. The van der Waals surface area contributed by atoms with E-state index in [1.807, 2.05) is 0 Å². The SMILES string of the molecule is CCC(Cc1ccccc1)[CH2][Al]([CH2]C(CC)Cc1ccccc1)[CH2]C(CC)Cc1ccccc1. The lowest BCUT2D eigenvalue weighted by molar-refractivity contribution is 0.510. The van der Waals surface area contributed by atoms with Crippen molar-refractivity contribution in [1.82, 2.24) is 0 Å². The molecule has 0 spiro atoms. The Morgan fingerprint density at radius 1 is 0.441 bits per heavy atom. The number of hydrogen-bond acceptors (Lipinski definition) is 0. The Hall–Kier alpha value is -1.81. The van der Waals surface area contributed by atoms with Crippen LogP contribution in [0, 0.1) is 17.8 Å². The van der Waals surface area contributed by atoms with Gasteiger partial charge in [-0.25, -0.2) is 0 Å². The van der Waals surface area contributed by atoms with E-state index in [1.54, 1.807) is 0 Å². The highest BCUT2D eigenvalue weighted by atomic mass is 27.2. The molecule has 1 heteroatoms. The molecule has 0 fully saturated rings. The van der Waals surface area contributed by atoms with Crippen molar-refractivity contribution in [3.05, 3.63) is 108 Å². The number of benzene rings is 3. The lowest BCUT2D eigenvalue weighted by Crippen LogP contribution is -2.26. The van der Waals surface area contributed by atoms with E-state index in [0.717, 1.165) is 17.8 Å². The largest absolute Gasteiger partial charge is 0.262 e. The first-order chi connectivity index (χ1) is 16.7. The monoisotopic (exact) mass is 468 g/mol. The van der Waals surface area contributed by atoms with E-state index < -0.39 is 14.1 Å². The van der Waals surface area contributed by atoms with Crippen LogP contribution in [-0.4, -0.2) is 14.1 Å². The lowest BCUT2D eigenvalue weighted by atomic mass is 9.98. The van der Waals surface area contributed by atoms with Crippen LogP contribution in [0.2, 0.25) is 15.8 Å². The molecule has 3 aromatic carbocycles. The summed E-state index contributed by atoms with van der Waals surface area (Å²) in [5.74, 6) is 2.51. The van der Waals surface area contributed by atoms with Crippen molar-refractivity contribution in [2.24, 2.45) is 17.8 Å². The Morgan fingerprint density at radius 2 is 0.706 bits per heavy atom. The molecule has 0 saturated carbocycles. The second kappa shape index (κ2) is 15.2. The minimum atomic E-state index is -0.884. The third-order valence-corrected chi connectivity index (χ3v) is 11.8. The Kier molecular flexibility index (Phi) is 12.0. The van der Waals surface area contributed by atoms with Gasteiger partial charge in [-0.2, -0.15) is 0 Å². The molecule has 0 aliphatic rings. The summed E-state index contributed by atoms with van der Waals surface area (Å²) in [6, 6.07) is 33.6. The minimum Gasteiger partial charge on any atom is -0.0907 e. The van der Waals surface area contributed by atoms with Gasteiger partial charge in [-0.1, -0.05) is 147 Å². The quantitative estimate of drug-likeness (QED) is 0.195. The zero-order chi connectivity index (χ0) is 24.0. The summed E-state index contributed by atoms with van der Waals surface area (Å²) in [5.41, 5.74) is 4.57. The van der Waals surface area contributed by atoms with E-state index in [-0.39, 0.29) is 0 Å². The highest BCUT2D eigenvalue weighted by Gasteiger charge is 2.27. The molecule has 3 atom stereocenters. The van der Waals surface area contributed by atoms with Gasteiger partial charge in [0.15, 0.2) is 0 Å². The summed E-state index contributed by atoms with van der Waals surface area (Å²) in [4.78, 5) is 0. The number of rotatable bonds is 15. The van der Waals surface area contributed by atoms with Gasteiger partial charge >= 0.3 is 0 Å². The first-order valence-electron chi connectivity index (χ1n) is 13.8. The van der Waals surface area contributed by atoms with Crippen LogP contribution in [-0.2, 0) is 19.3 Å². The maximum atomic E-state index is 2.42. The van der Waals surface area contributed by atoms with Crippen molar-refractivity contribution in [3.8, 4) is 0 Å². The van der Waals surface area contributed by atoms with Crippen molar-refractivity contribution in [2.45, 2.75) is 75.1 Å². The molecule has 3 unspecified atom stereocenters. The summed E-state index contributed by atoms with van der Waals surface area (Å²) < 4.78 is 0. The van der Waals surface area contributed by atoms with Crippen LogP contribution in [0.4, 0.5) is 0 Å². The molecule has 3 aromatic rings. The molecule has 0 N–H and O–H groups in total. The summed E-state index contributed by atoms with van der Waals surface area (Å²) in [7, 11) is 0. The van der Waals surface area contributed by atoms with Crippen LogP contribution in [0.25, 0.3) is 0 Å². The zero-order valence-electron chi connectivity index (χ0n) is 21.8. The van der Waals surface area contributed by atoms with Crippen LogP contribution in [0.5, 0.6) is 0 Å². The fraction of sp³-hybridized carbons (Fsp3) is 0.455. The van der Waals surface area contributed by atoms with Crippen LogP contribution in [0.1, 0.15) is 56.7 Å². The van der Waals surface area contributed by atoms with Crippen LogP contribution < -0.4 is 0 Å². The Bertz CT molecular complexity index is 767. The molecule has 0 nitrogen and oxygen atoms in total. The Morgan fingerprint density at radius 3 is 0.941 bits per heavy atom. The Labute approximate surface area is 214 Å². The van der Waals surface area contributed by atoms with Gasteiger partial charge in [0.2, 0.25) is 0 Å².